The predicted octanol–water partition coefficient (Wildman–Crippen LogP) is 3.27. The number of nitrogens with one attached hydrogen (secondary N) is 1. The van der Waals surface area contributed by atoms with Crippen molar-refractivity contribution in [1.82, 2.24) is 14.9 Å². The van der Waals surface area contributed by atoms with Crippen molar-refractivity contribution in [2.24, 2.45) is 5.92 Å². The lowest BCUT2D eigenvalue weighted by molar-refractivity contribution is 0.0172. The minimum Gasteiger partial charge on any atom is -0.444 e. The maximum atomic E-state index is 12.3. The molecular weight excluding hydrogens is 330 g/mol. The van der Waals surface area contributed by atoms with Crippen LogP contribution in [0.25, 0.3) is 11.0 Å². The third-order valence-corrected chi connectivity index (χ3v) is 4.33. The van der Waals surface area contributed by atoms with E-state index in [1.165, 1.54) is 0 Å². The normalized spacial score (nSPS) is 18.0. The van der Waals surface area contributed by atoms with Gasteiger partial charge >= 0.3 is 6.09 Å². The Kier molecular flexibility index (Phi) is 5.15. The Bertz CT molecular complexity index is 787. The molecule has 0 spiro atoms. The summed E-state index contributed by atoms with van der Waals surface area (Å²) < 4.78 is 5.48. The van der Waals surface area contributed by atoms with Crippen molar-refractivity contribution in [3.8, 4) is 0 Å². The minimum absolute atomic E-state index is 0.243. The average Bonchev–Trinajstić information content (AvgIpc) is 2.58. The van der Waals surface area contributed by atoms with Crippen molar-refractivity contribution < 1.29 is 9.53 Å². The van der Waals surface area contributed by atoms with E-state index in [1.807, 2.05) is 45.0 Å². The van der Waals surface area contributed by atoms with Crippen LogP contribution in [0.2, 0.25) is 0 Å². The van der Waals surface area contributed by atoms with E-state index in [0.717, 1.165) is 30.4 Å². The molecule has 1 aliphatic rings. The number of aromatic nitrogens is 2. The van der Waals surface area contributed by atoms with Crippen LogP contribution in [0, 0.1) is 5.92 Å². The summed E-state index contributed by atoms with van der Waals surface area (Å²) in [4.78, 5) is 23.0. The fraction of sp³-hybridized carbons (Fsp3) is 0.526. The van der Waals surface area contributed by atoms with Gasteiger partial charge in [-0.1, -0.05) is 12.1 Å². The number of hydrogen-bond acceptors (Lipinski definition) is 6. The fourth-order valence-corrected chi connectivity index (χ4v) is 3.11. The Balaban J connectivity index is 1.61. The molecule has 2 heterocycles. The maximum absolute atomic E-state index is 12.3. The molecule has 1 saturated heterocycles. The molecule has 3 N–H and O–H groups in total. The zero-order valence-corrected chi connectivity index (χ0v) is 15.7. The van der Waals surface area contributed by atoms with Gasteiger partial charge in [0.05, 0.1) is 11.0 Å². The topological polar surface area (TPSA) is 93.4 Å². The second kappa shape index (κ2) is 7.35. The molecule has 3 rings (SSSR count). The van der Waals surface area contributed by atoms with Crippen LogP contribution in [-0.4, -0.2) is 46.2 Å². The number of carbonyl (C=O) groups is 1. The fourth-order valence-electron chi connectivity index (χ4n) is 3.11. The number of rotatable bonds is 3. The highest BCUT2D eigenvalue weighted by molar-refractivity contribution is 5.79. The molecule has 0 radical (unpaired) electrons. The molecule has 7 heteroatoms. The van der Waals surface area contributed by atoms with Gasteiger partial charge in [0.15, 0.2) is 11.6 Å². The second-order valence-electron chi connectivity index (χ2n) is 7.76. The van der Waals surface area contributed by atoms with Crippen LogP contribution in [0.5, 0.6) is 0 Å². The first-order valence-electron chi connectivity index (χ1n) is 9.06. The number of piperidine rings is 1. The monoisotopic (exact) mass is 357 g/mol. The maximum Gasteiger partial charge on any atom is 0.410 e. The quantitative estimate of drug-likeness (QED) is 0.876. The predicted molar refractivity (Wildman–Crippen MR) is 103 cm³/mol. The van der Waals surface area contributed by atoms with Crippen molar-refractivity contribution >= 4 is 28.8 Å². The number of anilines is 2. The molecule has 1 atom stereocenters. The lowest BCUT2D eigenvalue weighted by Crippen LogP contribution is -2.44. The number of ether oxygens (including phenoxy) is 1. The van der Waals surface area contributed by atoms with Gasteiger partial charge in [-0.2, -0.15) is 0 Å². The number of nitrogens with two attached hydrogens (primary N) is 1. The van der Waals surface area contributed by atoms with Gasteiger partial charge in [0.1, 0.15) is 5.60 Å². The molecule has 0 aliphatic carbocycles. The first-order chi connectivity index (χ1) is 12.3. The number of benzene rings is 1. The number of hydrogen-bond donors (Lipinski definition) is 2. The van der Waals surface area contributed by atoms with Crippen molar-refractivity contribution in [2.45, 2.75) is 39.2 Å². The standard InChI is InChI=1S/C19H27N5O2/c1-19(2,3)26-18(25)24-10-6-7-13(12-24)11-21-17-16(20)22-14-8-4-5-9-15(14)23-17/h4-5,8-9,13H,6-7,10-12H2,1-3H3,(H2,20,22)(H,21,23)/t13-/m0/s1. The minimum atomic E-state index is -0.475. The zero-order valence-electron chi connectivity index (χ0n) is 15.7. The molecule has 2 aromatic rings. The highest BCUT2D eigenvalue weighted by Gasteiger charge is 2.27. The lowest BCUT2D eigenvalue weighted by Gasteiger charge is -2.34. The number of amides is 1. The molecule has 1 aliphatic heterocycles. The summed E-state index contributed by atoms with van der Waals surface area (Å²) in [7, 11) is 0. The molecule has 1 aromatic carbocycles. The van der Waals surface area contributed by atoms with Crippen LogP contribution >= 0.6 is 0 Å². The Hall–Kier alpha value is -2.57. The van der Waals surface area contributed by atoms with Gasteiger partial charge in [0.25, 0.3) is 0 Å². The highest BCUT2D eigenvalue weighted by atomic mass is 16.6. The number of para-hydroxylation sites is 2. The number of likely N-dealkylation sites (tertiary alicyclic amines) is 1. The number of nitrogens with zero attached hydrogens (tertiary/aromatic N) is 3. The third kappa shape index (κ3) is 4.53. The van der Waals surface area contributed by atoms with Gasteiger partial charge < -0.3 is 20.7 Å². The Morgan fingerprint density at radius 2 is 2.00 bits per heavy atom. The van der Waals surface area contributed by atoms with E-state index in [4.69, 9.17) is 10.5 Å². The molecule has 1 amide bonds. The van der Waals surface area contributed by atoms with Gasteiger partial charge in [0, 0.05) is 19.6 Å². The summed E-state index contributed by atoms with van der Waals surface area (Å²) in [6, 6.07) is 7.65. The Morgan fingerprint density at radius 1 is 1.31 bits per heavy atom. The van der Waals surface area contributed by atoms with Crippen LogP contribution in [0.4, 0.5) is 16.4 Å². The molecule has 26 heavy (non-hydrogen) atoms. The molecule has 1 fully saturated rings. The van der Waals surface area contributed by atoms with Crippen molar-refractivity contribution in [3.63, 3.8) is 0 Å². The van der Waals surface area contributed by atoms with E-state index in [1.54, 1.807) is 4.90 Å². The lowest BCUT2D eigenvalue weighted by atomic mass is 9.98. The highest BCUT2D eigenvalue weighted by Crippen LogP contribution is 2.22. The van der Waals surface area contributed by atoms with Crippen LogP contribution in [0.15, 0.2) is 24.3 Å². The van der Waals surface area contributed by atoms with Crippen molar-refractivity contribution in [3.05, 3.63) is 24.3 Å². The second-order valence-corrected chi connectivity index (χ2v) is 7.76. The Labute approximate surface area is 153 Å². The van der Waals surface area contributed by atoms with Gasteiger partial charge in [-0.3, -0.25) is 0 Å². The molecule has 0 bridgehead atoms. The molecule has 0 unspecified atom stereocenters. The SMILES string of the molecule is CC(C)(C)OC(=O)N1CCC[C@@H](CNc2nc3ccccc3nc2N)C1. The average molecular weight is 357 g/mol. The molecular formula is C19H27N5O2. The summed E-state index contributed by atoms with van der Waals surface area (Å²) >= 11 is 0. The number of carbonyl (C=O) groups excluding carboxylic acids is 1. The summed E-state index contributed by atoms with van der Waals surface area (Å²) in [5.41, 5.74) is 7.14. The van der Waals surface area contributed by atoms with Crippen molar-refractivity contribution in [2.75, 3.05) is 30.7 Å². The van der Waals surface area contributed by atoms with Crippen LogP contribution < -0.4 is 11.1 Å². The summed E-state index contributed by atoms with van der Waals surface area (Å²) in [5.74, 6) is 1.31. The third-order valence-electron chi connectivity index (χ3n) is 4.33. The van der Waals surface area contributed by atoms with Gasteiger partial charge in [0.2, 0.25) is 0 Å². The largest absolute Gasteiger partial charge is 0.444 e. The first-order valence-corrected chi connectivity index (χ1v) is 9.06. The van der Waals surface area contributed by atoms with Gasteiger partial charge in [-0.05, 0) is 51.7 Å². The number of fused-ring (bicyclic) bond motifs is 1. The van der Waals surface area contributed by atoms with E-state index in [-0.39, 0.29) is 6.09 Å². The van der Waals surface area contributed by atoms with E-state index < -0.39 is 5.60 Å². The molecule has 7 nitrogen and oxygen atoms in total. The molecule has 0 saturated carbocycles. The van der Waals surface area contributed by atoms with Gasteiger partial charge in [-0.25, -0.2) is 14.8 Å². The van der Waals surface area contributed by atoms with Gasteiger partial charge in [-0.15, -0.1) is 0 Å². The summed E-state index contributed by atoms with van der Waals surface area (Å²) in [6.07, 6.45) is 1.77. The van der Waals surface area contributed by atoms with Crippen LogP contribution in [0.1, 0.15) is 33.6 Å². The van der Waals surface area contributed by atoms with E-state index in [0.29, 0.717) is 30.6 Å². The van der Waals surface area contributed by atoms with E-state index in [9.17, 15) is 4.79 Å². The summed E-state index contributed by atoms with van der Waals surface area (Å²) in [5, 5.41) is 3.31. The first kappa shape index (κ1) is 18.2. The Morgan fingerprint density at radius 3 is 2.69 bits per heavy atom. The van der Waals surface area contributed by atoms with E-state index in [2.05, 4.69) is 15.3 Å². The molecule has 1 aromatic heterocycles. The smallest absolute Gasteiger partial charge is 0.410 e. The molecule has 140 valence electrons. The van der Waals surface area contributed by atoms with Crippen LogP contribution in [-0.2, 0) is 4.74 Å². The number of nitrogen functional groups attached to an aromatic ring is 1. The van der Waals surface area contributed by atoms with E-state index >= 15 is 0 Å². The van der Waals surface area contributed by atoms with Crippen LogP contribution in [0.3, 0.4) is 0 Å². The van der Waals surface area contributed by atoms with Crippen molar-refractivity contribution in [1.29, 1.82) is 0 Å². The summed E-state index contributed by atoms with van der Waals surface area (Å²) in [6.45, 7) is 7.75. The zero-order chi connectivity index (χ0) is 18.7.